The summed E-state index contributed by atoms with van der Waals surface area (Å²) in [6.45, 7) is 2.69. The Kier molecular flexibility index (Phi) is 5.95. The lowest BCUT2D eigenvalue weighted by Crippen LogP contribution is -2.31. The van der Waals surface area contributed by atoms with Crippen LogP contribution in [0.3, 0.4) is 0 Å². The fourth-order valence-electron chi connectivity index (χ4n) is 2.82. The first-order chi connectivity index (χ1) is 10.6. The molecule has 22 heavy (non-hydrogen) atoms. The minimum absolute atomic E-state index is 0.115. The van der Waals surface area contributed by atoms with E-state index >= 15 is 0 Å². The zero-order chi connectivity index (χ0) is 15.9. The maximum Gasteiger partial charge on any atom is 0.305 e. The summed E-state index contributed by atoms with van der Waals surface area (Å²) in [5.74, 6) is -1.04. The molecule has 2 rings (SSSR count). The first kappa shape index (κ1) is 16.5. The number of rotatable bonds is 7. The number of carbonyl (C=O) groups excluding carboxylic acids is 1. The van der Waals surface area contributed by atoms with E-state index in [-0.39, 0.29) is 18.4 Å². The van der Waals surface area contributed by atoms with Crippen molar-refractivity contribution in [1.29, 1.82) is 0 Å². The van der Waals surface area contributed by atoms with Gasteiger partial charge in [0.1, 0.15) is 0 Å². The summed E-state index contributed by atoms with van der Waals surface area (Å²) in [5.41, 5.74) is 1.84. The van der Waals surface area contributed by atoms with E-state index in [2.05, 4.69) is 5.32 Å². The zero-order valence-electron chi connectivity index (χ0n) is 12.9. The lowest BCUT2D eigenvalue weighted by molar-refractivity contribution is -0.137. The zero-order valence-corrected chi connectivity index (χ0v) is 12.9. The van der Waals surface area contributed by atoms with Crippen LogP contribution >= 0.6 is 0 Å². The normalized spacial score (nSPS) is 18.9. The summed E-state index contributed by atoms with van der Waals surface area (Å²) in [7, 11) is 0. The van der Waals surface area contributed by atoms with Gasteiger partial charge in [-0.3, -0.25) is 9.59 Å². The van der Waals surface area contributed by atoms with E-state index in [4.69, 9.17) is 9.84 Å². The van der Waals surface area contributed by atoms with Crippen LogP contribution in [0.4, 0.5) is 0 Å². The Balaban J connectivity index is 1.95. The molecule has 0 aromatic heterocycles. The SMILES string of the molecule is Cc1ccccc1[C@H](CC(=O)O)NC(=O)CC[C@@H]1CCCO1. The van der Waals surface area contributed by atoms with Crippen molar-refractivity contribution >= 4 is 11.9 Å². The van der Waals surface area contributed by atoms with Gasteiger partial charge in [-0.05, 0) is 37.3 Å². The number of benzene rings is 1. The Labute approximate surface area is 130 Å². The van der Waals surface area contributed by atoms with Gasteiger partial charge in [0.05, 0.1) is 18.6 Å². The highest BCUT2D eigenvalue weighted by Crippen LogP contribution is 2.22. The number of carboxylic acids is 1. The maximum atomic E-state index is 12.1. The van der Waals surface area contributed by atoms with Gasteiger partial charge in [-0.1, -0.05) is 24.3 Å². The van der Waals surface area contributed by atoms with Crippen LogP contribution in [0.15, 0.2) is 24.3 Å². The molecule has 5 heteroatoms. The average molecular weight is 305 g/mol. The molecule has 0 bridgehead atoms. The number of hydrogen-bond acceptors (Lipinski definition) is 3. The maximum absolute atomic E-state index is 12.1. The molecule has 1 saturated heterocycles. The van der Waals surface area contributed by atoms with Crippen molar-refractivity contribution in [3.63, 3.8) is 0 Å². The number of amides is 1. The summed E-state index contributed by atoms with van der Waals surface area (Å²) in [4.78, 5) is 23.2. The number of nitrogens with one attached hydrogen (secondary N) is 1. The van der Waals surface area contributed by atoms with Crippen LogP contribution in [0.1, 0.15) is 49.3 Å². The van der Waals surface area contributed by atoms with Gasteiger partial charge in [0.15, 0.2) is 0 Å². The topological polar surface area (TPSA) is 75.6 Å². The summed E-state index contributed by atoms with van der Waals surface area (Å²) < 4.78 is 5.50. The summed E-state index contributed by atoms with van der Waals surface area (Å²) >= 11 is 0. The van der Waals surface area contributed by atoms with Crippen molar-refractivity contribution in [3.05, 3.63) is 35.4 Å². The molecule has 0 spiro atoms. The quantitative estimate of drug-likeness (QED) is 0.812. The van der Waals surface area contributed by atoms with Crippen molar-refractivity contribution in [2.75, 3.05) is 6.61 Å². The fraction of sp³-hybridized carbons (Fsp3) is 0.529. The molecule has 0 aliphatic carbocycles. The van der Waals surface area contributed by atoms with Crippen molar-refractivity contribution in [1.82, 2.24) is 5.32 Å². The standard InChI is InChI=1S/C17H23NO4/c1-12-5-2-3-7-14(12)15(11-17(20)21)18-16(19)9-8-13-6-4-10-22-13/h2-3,5,7,13,15H,4,6,8-11H2,1H3,(H,18,19)(H,20,21)/t13-,15-/m0/s1. The number of aryl methyl sites for hydroxylation is 1. The molecular weight excluding hydrogens is 282 g/mol. The molecule has 0 saturated carbocycles. The van der Waals surface area contributed by atoms with Gasteiger partial charge < -0.3 is 15.2 Å². The highest BCUT2D eigenvalue weighted by Gasteiger charge is 2.21. The Bertz CT molecular complexity index is 523. The highest BCUT2D eigenvalue weighted by molar-refractivity contribution is 5.77. The third kappa shape index (κ3) is 4.84. The predicted molar refractivity (Wildman–Crippen MR) is 82.5 cm³/mol. The second-order valence-corrected chi connectivity index (χ2v) is 5.75. The van der Waals surface area contributed by atoms with Gasteiger partial charge in [-0.15, -0.1) is 0 Å². The van der Waals surface area contributed by atoms with Crippen LogP contribution in [0.2, 0.25) is 0 Å². The van der Waals surface area contributed by atoms with Crippen molar-refractivity contribution in [2.24, 2.45) is 0 Å². The monoisotopic (exact) mass is 305 g/mol. The minimum atomic E-state index is -0.923. The number of hydrogen-bond donors (Lipinski definition) is 2. The Hall–Kier alpha value is -1.88. The van der Waals surface area contributed by atoms with Crippen LogP contribution in [0.5, 0.6) is 0 Å². The molecule has 0 radical (unpaired) electrons. The summed E-state index contributed by atoms with van der Waals surface area (Å²) in [6, 6.07) is 7.05. The van der Waals surface area contributed by atoms with E-state index in [0.29, 0.717) is 12.8 Å². The van der Waals surface area contributed by atoms with Gasteiger partial charge in [-0.2, -0.15) is 0 Å². The molecule has 5 nitrogen and oxygen atoms in total. The van der Waals surface area contributed by atoms with Crippen LogP contribution < -0.4 is 5.32 Å². The molecule has 1 aromatic carbocycles. The summed E-state index contributed by atoms with van der Waals surface area (Å²) in [6.07, 6.45) is 3.17. The third-order valence-electron chi connectivity index (χ3n) is 4.00. The fourth-order valence-corrected chi connectivity index (χ4v) is 2.82. The molecule has 1 heterocycles. The Morgan fingerprint density at radius 2 is 2.18 bits per heavy atom. The Morgan fingerprint density at radius 3 is 2.82 bits per heavy atom. The predicted octanol–water partition coefficient (Wildman–Crippen LogP) is 2.59. The smallest absolute Gasteiger partial charge is 0.305 e. The van der Waals surface area contributed by atoms with E-state index in [1.165, 1.54) is 0 Å². The number of carboxylic acid groups (broad SMARTS) is 1. The van der Waals surface area contributed by atoms with Gasteiger partial charge in [0.25, 0.3) is 0 Å². The molecule has 1 aliphatic heterocycles. The second kappa shape index (κ2) is 7.94. The van der Waals surface area contributed by atoms with Crippen molar-refractivity contribution in [2.45, 2.75) is 51.2 Å². The molecule has 1 aliphatic rings. The first-order valence-corrected chi connectivity index (χ1v) is 7.74. The molecule has 1 fully saturated rings. The van der Waals surface area contributed by atoms with Gasteiger partial charge >= 0.3 is 5.97 Å². The highest BCUT2D eigenvalue weighted by atomic mass is 16.5. The van der Waals surface area contributed by atoms with E-state index in [9.17, 15) is 9.59 Å². The van der Waals surface area contributed by atoms with E-state index in [1.807, 2.05) is 31.2 Å². The molecule has 2 atom stereocenters. The number of ether oxygens (including phenoxy) is 1. The van der Waals surface area contributed by atoms with Crippen molar-refractivity contribution < 1.29 is 19.4 Å². The van der Waals surface area contributed by atoms with Gasteiger partial charge in [0.2, 0.25) is 5.91 Å². The molecule has 1 amide bonds. The average Bonchev–Trinajstić information content (AvgIpc) is 2.98. The van der Waals surface area contributed by atoms with Crippen LogP contribution in [0, 0.1) is 6.92 Å². The number of aliphatic carboxylic acids is 1. The van der Waals surface area contributed by atoms with Crippen LogP contribution in [0.25, 0.3) is 0 Å². The number of carbonyl (C=O) groups is 2. The third-order valence-corrected chi connectivity index (χ3v) is 4.00. The molecule has 120 valence electrons. The van der Waals surface area contributed by atoms with Crippen LogP contribution in [-0.4, -0.2) is 29.7 Å². The van der Waals surface area contributed by atoms with Gasteiger partial charge in [-0.25, -0.2) is 0 Å². The molecular formula is C17H23NO4. The van der Waals surface area contributed by atoms with Gasteiger partial charge in [0, 0.05) is 13.0 Å². The lowest BCUT2D eigenvalue weighted by atomic mass is 9.98. The molecule has 1 aromatic rings. The van der Waals surface area contributed by atoms with Crippen molar-refractivity contribution in [3.8, 4) is 0 Å². The molecule has 0 unspecified atom stereocenters. The van der Waals surface area contributed by atoms with Crippen LogP contribution in [-0.2, 0) is 14.3 Å². The van der Waals surface area contributed by atoms with E-state index < -0.39 is 12.0 Å². The Morgan fingerprint density at radius 1 is 1.41 bits per heavy atom. The first-order valence-electron chi connectivity index (χ1n) is 7.74. The second-order valence-electron chi connectivity index (χ2n) is 5.75. The minimum Gasteiger partial charge on any atom is -0.481 e. The van der Waals surface area contributed by atoms with E-state index in [1.54, 1.807) is 0 Å². The lowest BCUT2D eigenvalue weighted by Gasteiger charge is -2.20. The summed E-state index contributed by atoms with van der Waals surface area (Å²) in [5, 5.41) is 11.9. The van der Waals surface area contributed by atoms with E-state index in [0.717, 1.165) is 30.6 Å². The largest absolute Gasteiger partial charge is 0.481 e. The molecule has 2 N–H and O–H groups in total.